The molecule has 0 bridgehead atoms. The van der Waals surface area contributed by atoms with Crippen molar-refractivity contribution in [2.24, 2.45) is 0 Å². The molecule has 3 aromatic heterocycles. The number of rotatable bonds is 3. The molecule has 1 amide bonds. The number of aryl methyl sites for hydroxylation is 1. The van der Waals surface area contributed by atoms with Crippen LogP contribution < -0.4 is 5.32 Å². The summed E-state index contributed by atoms with van der Waals surface area (Å²) in [6.45, 7) is 0.325. The lowest BCUT2D eigenvalue weighted by molar-refractivity contribution is 0.0944. The minimum Gasteiger partial charge on any atom is -0.343 e. The summed E-state index contributed by atoms with van der Waals surface area (Å²) in [6, 6.07) is 5.68. The van der Waals surface area contributed by atoms with Gasteiger partial charge in [-0.1, -0.05) is 6.07 Å². The molecule has 0 aliphatic heterocycles. The first-order valence-electron chi connectivity index (χ1n) is 6.96. The highest BCUT2D eigenvalue weighted by molar-refractivity contribution is 5.94. The standard InChI is InChI=1S/C14H14N6O/c21-14(13-9-4-3-5-10(9)16-19-13)15-8-12-18-17-11-6-1-2-7-20(11)12/h1-2,6-7H,3-5,8H2,(H,15,21)(H,16,19). The number of H-pyrrole nitrogens is 1. The molecular formula is C14H14N6O. The highest BCUT2D eigenvalue weighted by atomic mass is 16.1. The lowest BCUT2D eigenvalue weighted by atomic mass is 10.2. The molecule has 0 spiro atoms. The van der Waals surface area contributed by atoms with Crippen molar-refractivity contribution >= 4 is 11.6 Å². The number of carbonyl (C=O) groups excluding carboxylic acids is 1. The fraction of sp³-hybridized carbons (Fsp3) is 0.286. The summed E-state index contributed by atoms with van der Waals surface area (Å²) in [5.41, 5.74) is 3.42. The molecule has 7 nitrogen and oxygen atoms in total. The third kappa shape index (κ3) is 1.97. The van der Waals surface area contributed by atoms with Crippen molar-refractivity contribution in [1.82, 2.24) is 30.1 Å². The van der Waals surface area contributed by atoms with Crippen LogP contribution in [0.4, 0.5) is 0 Å². The number of nitrogens with one attached hydrogen (secondary N) is 2. The lowest BCUT2D eigenvalue weighted by Crippen LogP contribution is -2.25. The topological polar surface area (TPSA) is 88.0 Å². The molecule has 0 atom stereocenters. The highest BCUT2D eigenvalue weighted by Gasteiger charge is 2.23. The van der Waals surface area contributed by atoms with Crippen LogP contribution in [0.1, 0.15) is 34.0 Å². The Morgan fingerprint density at radius 3 is 3.24 bits per heavy atom. The van der Waals surface area contributed by atoms with E-state index in [1.807, 2.05) is 28.8 Å². The number of aromatic amines is 1. The minimum absolute atomic E-state index is 0.165. The van der Waals surface area contributed by atoms with Crippen LogP contribution in [-0.2, 0) is 19.4 Å². The van der Waals surface area contributed by atoms with Crippen LogP contribution in [0.25, 0.3) is 5.65 Å². The molecule has 3 aromatic rings. The number of amides is 1. The fourth-order valence-corrected chi connectivity index (χ4v) is 2.76. The Kier molecular flexibility index (Phi) is 2.70. The van der Waals surface area contributed by atoms with Crippen molar-refractivity contribution < 1.29 is 4.79 Å². The van der Waals surface area contributed by atoms with Crippen LogP contribution in [-0.4, -0.2) is 30.7 Å². The monoisotopic (exact) mass is 282 g/mol. The average Bonchev–Trinajstić information content (AvgIpc) is 3.19. The molecule has 0 unspecified atom stereocenters. The third-order valence-corrected chi connectivity index (χ3v) is 3.81. The molecule has 7 heteroatoms. The van der Waals surface area contributed by atoms with Crippen LogP contribution in [0.3, 0.4) is 0 Å². The van der Waals surface area contributed by atoms with Crippen LogP contribution >= 0.6 is 0 Å². The Morgan fingerprint density at radius 2 is 2.29 bits per heavy atom. The Hall–Kier alpha value is -2.70. The van der Waals surface area contributed by atoms with Gasteiger partial charge in [0.15, 0.2) is 17.2 Å². The molecular weight excluding hydrogens is 268 g/mol. The zero-order valence-corrected chi connectivity index (χ0v) is 11.3. The fourth-order valence-electron chi connectivity index (χ4n) is 2.76. The first-order valence-corrected chi connectivity index (χ1v) is 6.96. The highest BCUT2D eigenvalue weighted by Crippen LogP contribution is 2.22. The van der Waals surface area contributed by atoms with E-state index in [1.165, 1.54) is 0 Å². The maximum absolute atomic E-state index is 12.2. The van der Waals surface area contributed by atoms with Gasteiger partial charge in [-0.2, -0.15) is 5.10 Å². The molecule has 0 radical (unpaired) electrons. The second-order valence-electron chi connectivity index (χ2n) is 5.11. The lowest BCUT2D eigenvalue weighted by Gasteiger charge is -2.03. The van der Waals surface area contributed by atoms with Crippen molar-refractivity contribution in [2.75, 3.05) is 0 Å². The average molecular weight is 282 g/mol. The van der Waals surface area contributed by atoms with Gasteiger partial charge >= 0.3 is 0 Å². The van der Waals surface area contributed by atoms with Crippen molar-refractivity contribution in [1.29, 1.82) is 0 Å². The van der Waals surface area contributed by atoms with Crippen LogP contribution in [0.2, 0.25) is 0 Å². The number of hydrogen-bond acceptors (Lipinski definition) is 4. The summed E-state index contributed by atoms with van der Waals surface area (Å²) in [6.07, 6.45) is 4.86. The van der Waals surface area contributed by atoms with Gasteiger partial charge in [-0.3, -0.25) is 14.3 Å². The maximum Gasteiger partial charge on any atom is 0.272 e. The Morgan fingerprint density at radius 1 is 1.33 bits per heavy atom. The van der Waals surface area contributed by atoms with Crippen molar-refractivity contribution in [3.8, 4) is 0 Å². The van der Waals surface area contributed by atoms with E-state index in [-0.39, 0.29) is 5.91 Å². The van der Waals surface area contributed by atoms with E-state index in [2.05, 4.69) is 25.7 Å². The van der Waals surface area contributed by atoms with Crippen LogP contribution in [0.5, 0.6) is 0 Å². The van der Waals surface area contributed by atoms with Crippen molar-refractivity contribution in [3.63, 3.8) is 0 Å². The number of hydrogen-bond donors (Lipinski definition) is 2. The van der Waals surface area contributed by atoms with Gasteiger partial charge in [0.1, 0.15) is 0 Å². The number of pyridine rings is 1. The van der Waals surface area contributed by atoms with Gasteiger partial charge in [0.2, 0.25) is 0 Å². The molecule has 0 aromatic carbocycles. The molecule has 1 aliphatic carbocycles. The Balaban J connectivity index is 1.52. The van der Waals surface area contributed by atoms with E-state index in [9.17, 15) is 4.79 Å². The van der Waals surface area contributed by atoms with Gasteiger partial charge in [0.05, 0.1) is 6.54 Å². The van der Waals surface area contributed by atoms with E-state index >= 15 is 0 Å². The summed E-state index contributed by atoms with van der Waals surface area (Å²) in [7, 11) is 0. The van der Waals surface area contributed by atoms with E-state index in [0.29, 0.717) is 18.1 Å². The number of nitrogens with zero attached hydrogens (tertiary/aromatic N) is 4. The van der Waals surface area contributed by atoms with E-state index in [0.717, 1.165) is 36.2 Å². The van der Waals surface area contributed by atoms with E-state index in [4.69, 9.17) is 0 Å². The van der Waals surface area contributed by atoms with Gasteiger partial charge in [-0.15, -0.1) is 10.2 Å². The number of carbonyl (C=O) groups is 1. The predicted octanol–water partition coefficient (Wildman–Crippen LogP) is 0.871. The molecule has 106 valence electrons. The smallest absolute Gasteiger partial charge is 0.272 e. The van der Waals surface area contributed by atoms with E-state index < -0.39 is 0 Å². The largest absolute Gasteiger partial charge is 0.343 e. The number of aromatic nitrogens is 5. The van der Waals surface area contributed by atoms with Gasteiger partial charge in [0, 0.05) is 17.5 Å². The summed E-state index contributed by atoms with van der Waals surface area (Å²) >= 11 is 0. The second-order valence-corrected chi connectivity index (χ2v) is 5.11. The van der Waals surface area contributed by atoms with Gasteiger partial charge in [-0.05, 0) is 31.4 Å². The normalized spacial score (nSPS) is 13.5. The molecule has 21 heavy (non-hydrogen) atoms. The second kappa shape index (κ2) is 4.69. The molecule has 3 heterocycles. The molecule has 1 aliphatic rings. The predicted molar refractivity (Wildman–Crippen MR) is 74.8 cm³/mol. The molecule has 0 fully saturated rings. The SMILES string of the molecule is O=C(NCc1nnc2ccccn12)c1n[nH]c2c1CCC2. The zero-order chi connectivity index (χ0) is 14.2. The quantitative estimate of drug-likeness (QED) is 0.746. The maximum atomic E-state index is 12.2. The summed E-state index contributed by atoms with van der Waals surface area (Å²) in [5.74, 6) is 0.535. The van der Waals surface area contributed by atoms with Crippen molar-refractivity contribution in [3.05, 3.63) is 47.2 Å². The molecule has 4 rings (SSSR count). The number of fused-ring (bicyclic) bond motifs is 2. The van der Waals surface area contributed by atoms with Gasteiger partial charge in [0.25, 0.3) is 5.91 Å². The summed E-state index contributed by atoms with van der Waals surface area (Å²) < 4.78 is 1.86. The minimum atomic E-state index is -0.165. The molecule has 2 N–H and O–H groups in total. The van der Waals surface area contributed by atoms with Crippen molar-refractivity contribution in [2.45, 2.75) is 25.8 Å². The first-order chi connectivity index (χ1) is 10.3. The Labute approximate surface area is 120 Å². The van der Waals surface area contributed by atoms with Crippen LogP contribution in [0.15, 0.2) is 24.4 Å². The van der Waals surface area contributed by atoms with Crippen LogP contribution in [0, 0.1) is 0 Å². The van der Waals surface area contributed by atoms with Gasteiger partial charge in [-0.25, -0.2) is 0 Å². The molecule has 0 saturated heterocycles. The third-order valence-electron chi connectivity index (χ3n) is 3.81. The zero-order valence-electron chi connectivity index (χ0n) is 11.3. The first kappa shape index (κ1) is 12.1. The van der Waals surface area contributed by atoms with E-state index in [1.54, 1.807) is 0 Å². The van der Waals surface area contributed by atoms with Gasteiger partial charge < -0.3 is 5.32 Å². The summed E-state index contributed by atoms with van der Waals surface area (Å²) in [5, 5.41) is 18.1. The molecule has 0 saturated carbocycles. The Bertz CT molecular complexity index is 818. The summed E-state index contributed by atoms with van der Waals surface area (Å²) in [4.78, 5) is 12.2.